The second-order valence-corrected chi connectivity index (χ2v) is 7.88. The number of aromatic nitrogens is 1. The van der Waals surface area contributed by atoms with Gasteiger partial charge in [0, 0.05) is 30.5 Å². The summed E-state index contributed by atoms with van der Waals surface area (Å²) in [5, 5.41) is 23.0. The smallest absolute Gasteiger partial charge is 0.339 e. The van der Waals surface area contributed by atoms with Crippen molar-refractivity contribution >= 4 is 18.4 Å². The van der Waals surface area contributed by atoms with Crippen LogP contribution in [0.3, 0.4) is 0 Å². The minimum Gasteiger partial charge on any atom is -0.493 e. The molecule has 1 heterocycles. The third-order valence-corrected chi connectivity index (χ3v) is 5.23. The molecule has 0 aliphatic carbocycles. The molecule has 7 heteroatoms. The van der Waals surface area contributed by atoms with Crippen molar-refractivity contribution in [1.29, 1.82) is 0 Å². The number of ether oxygens (including phenoxy) is 1. The predicted molar refractivity (Wildman–Crippen MR) is 132 cm³/mol. The quantitative estimate of drug-likeness (QED) is 0.368. The standard InChI is InChI=1S/C26H30N2O4.ClH/c1-3-13-32-25-15-21(10-11-23(25)26(30)31)20-8-6-19(7-9-20)14-18(2)28-17-24(29)22-5-4-12-27-16-22;/h4-12,15-16,18,24,28-29H,3,13-14,17H2,1-2H3,(H,30,31);1H/t18-,24+;/m1./s1. The van der Waals surface area contributed by atoms with Crippen LogP contribution in [0.25, 0.3) is 11.1 Å². The minimum absolute atomic E-state index is 0. The van der Waals surface area contributed by atoms with Crippen LogP contribution in [-0.2, 0) is 6.42 Å². The molecule has 1 aromatic heterocycles. The summed E-state index contributed by atoms with van der Waals surface area (Å²) in [5.74, 6) is -0.598. The van der Waals surface area contributed by atoms with Gasteiger partial charge in [-0.2, -0.15) is 0 Å². The molecule has 3 N–H and O–H groups in total. The molecule has 3 aromatic rings. The summed E-state index contributed by atoms with van der Waals surface area (Å²) in [5.41, 5.74) is 4.06. The van der Waals surface area contributed by atoms with Gasteiger partial charge in [-0.15, -0.1) is 12.4 Å². The summed E-state index contributed by atoms with van der Waals surface area (Å²) >= 11 is 0. The largest absolute Gasteiger partial charge is 0.493 e. The highest BCUT2D eigenvalue weighted by Gasteiger charge is 2.13. The number of hydrogen-bond donors (Lipinski definition) is 3. The number of carboxylic acids is 1. The number of carboxylic acid groups (broad SMARTS) is 1. The van der Waals surface area contributed by atoms with Gasteiger partial charge in [-0.1, -0.05) is 43.3 Å². The fourth-order valence-electron chi connectivity index (χ4n) is 3.47. The highest BCUT2D eigenvalue weighted by Crippen LogP contribution is 2.28. The van der Waals surface area contributed by atoms with Gasteiger partial charge in [0.2, 0.25) is 0 Å². The number of aliphatic hydroxyl groups is 1. The van der Waals surface area contributed by atoms with Crippen LogP contribution in [0.2, 0.25) is 0 Å². The first kappa shape index (κ1) is 26.3. The SMILES string of the molecule is CCCOc1cc(-c2ccc(C[C@@H](C)NC[C@H](O)c3cccnc3)cc2)ccc1C(=O)O.Cl. The van der Waals surface area contributed by atoms with E-state index in [1.54, 1.807) is 30.6 Å². The first-order valence-electron chi connectivity index (χ1n) is 10.9. The zero-order valence-corrected chi connectivity index (χ0v) is 19.7. The lowest BCUT2D eigenvalue weighted by Gasteiger charge is -2.17. The summed E-state index contributed by atoms with van der Waals surface area (Å²) in [6, 6.07) is 17.3. The molecule has 0 unspecified atom stereocenters. The third-order valence-electron chi connectivity index (χ3n) is 5.23. The Bertz CT molecular complexity index is 1010. The molecule has 0 radical (unpaired) electrons. The van der Waals surface area contributed by atoms with Crippen LogP contribution in [-0.4, -0.2) is 40.4 Å². The van der Waals surface area contributed by atoms with E-state index in [9.17, 15) is 15.0 Å². The van der Waals surface area contributed by atoms with Crippen molar-refractivity contribution < 1.29 is 19.7 Å². The lowest BCUT2D eigenvalue weighted by Crippen LogP contribution is -2.32. The fraction of sp³-hybridized carbons (Fsp3) is 0.308. The van der Waals surface area contributed by atoms with Crippen LogP contribution in [0.5, 0.6) is 5.75 Å². The van der Waals surface area contributed by atoms with Crippen LogP contribution in [0, 0.1) is 0 Å². The van der Waals surface area contributed by atoms with Crippen LogP contribution < -0.4 is 10.1 Å². The maximum Gasteiger partial charge on any atom is 0.339 e. The first-order valence-corrected chi connectivity index (χ1v) is 10.9. The summed E-state index contributed by atoms with van der Waals surface area (Å²) in [4.78, 5) is 15.5. The fourth-order valence-corrected chi connectivity index (χ4v) is 3.47. The first-order chi connectivity index (χ1) is 15.5. The Labute approximate surface area is 201 Å². The normalized spacial score (nSPS) is 12.5. The summed E-state index contributed by atoms with van der Waals surface area (Å²) < 4.78 is 5.65. The zero-order chi connectivity index (χ0) is 22.9. The van der Waals surface area contributed by atoms with Crippen molar-refractivity contribution in [1.82, 2.24) is 10.3 Å². The van der Waals surface area contributed by atoms with E-state index >= 15 is 0 Å². The van der Waals surface area contributed by atoms with Crippen LogP contribution in [0.15, 0.2) is 67.0 Å². The maximum atomic E-state index is 11.5. The molecule has 2 atom stereocenters. The number of nitrogens with one attached hydrogen (secondary N) is 1. The number of rotatable bonds is 11. The number of aromatic carboxylic acids is 1. The Hall–Kier alpha value is -2.93. The third kappa shape index (κ3) is 7.56. The van der Waals surface area contributed by atoms with Gasteiger partial charge in [-0.3, -0.25) is 4.98 Å². The van der Waals surface area contributed by atoms with Crippen molar-refractivity contribution in [3.05, 3.63) is 83.7 Å². The van der Waals surface area contributed by atoms with Crippen LogP contribution >= 0.6 is 12.4 Å². The lowest BCUT2D eigenvalue weighted by atomic mass is 9.99. The highest BCUT2D eigenvalue weighted by atomic mass is 35.5. The predicted octanol–water partition coefficient (Wildman–Crippen LogP) is 4.91. The summed E-state index contributed by atoms with van der Waals surface area (Å²) in [7, 11) is 0. The van der Waals surface area contributed by atoms with Crippen LogP contribution in [0.4, 0.5) is 0 Å². The second-order valence-electron chi connectivity index (χ2n) is 7.88. The van der Waals surface area contributed by atoms with Crippen LogP contribution in [0.1, 0.15) is 47.9 Å². The summed E-state index contributed by atoms with van der Waals surface area (Å²) in [6.07, 6.45) is 4.41. The molecule has 0 aliphatic rings. The lowest BCUT2D eigenvalue weighted by molar-refractivity contribution is 0.0692. The van der Waals surface area contributed by atoms with Gasteiger partial charge >= 0.3 is 5.97 Å². The van der Waals surface area contributed by atoms with Gasteiger partial charge in [0.1, 0.15) is 11.3 Å². The number of nitrogens with zero attached hydrogens (tertiary/aromatic N) is 1. The topological polar surface area (TPSA) is 91.7 Å². The van der Waals surface area contributed by atoms with Gasteiger partial charge < -0.3 is 20.3 Å². The Morgan fingerprint density at radius 1 is 1.12 bits per heavy atom. The molecule has 0 spiro atoms. The molecule has 6 nitrogen and oxygen atoms in total. The molecule has 3 rings (SSSR count). The molecule has 33 heavy (non-hydrogen) atoms. The maximum absolute atomic E-state index is 11.5. The van der Waals surface area contributed by atoms with E-state index in [-0.39, 0.29) is 24.0 Å². The highest BCUT2D eigenvalue weighted by molar-refractivity contribution is 5.92. The molecule has 0 amide bonds. The van der Waals surface area contributed by atoms with E-state index in [4.69, 9.17) is 4.74 Å². The Kier molecular flexibility index (Phi) is 10.3. The summed E-state index contributed by atoms with van der Waals surface area (Å²) in [6.45, 7) is 5.01. The second kappa shape index (κ2) is 12.9. The van der Waals surface area contributed by atoms with Gasteiger partial charge in [0.15, 0.2) is 0 Å². The molecule has 176 valence electrons. The van der Waals surface area contributed by atoms with E-state index in [1.807, 2.05) is 31.2 Å². The molecule has 0 fully saturated rings. The van der Waals surface area contributed by atoms with E-state index in [1.165, 1.54) is 5.56 Å². The zero-order valence-electron chi connectivity index (χ0n) is 18.9. The number of halogens is 1. The number of benzene rings is 2. The van der Waals surface area contributed by atoms with Crippen molar-refractivity contribution in [2.45, 2.75) is 38.8 Å². The molecular weight excluding hydrogens is 440 g/mol. The number of hydrogen-bond acceptors (Lipinski definition) is 5. The molecule has 0 saturated carbocycles. The van der Waals surface area contributed by atoms with Gasteiger partial charge in [-0.25, -0.2) is 4.79 Å². The van der Waals surface area contributed by atoms with Crippen molar-refractivity contribution in [3.8, 4) is 16.9 Å². The van der Waals surface area contributed by atoms with Crippen molar-refractivity contribution in [3.63, 3.8) is 0 Å². The number of aliphatic hydroxyl groups excluding tert-OH is 1. The molecule has 2 aromatic carbocycles. The van der Waals surface area contributed by atoms with Gasteiger partial charge in [0.05, 0.1) is 12.7 Å². The van der Waals surface area contributed by atoms with E-state index in [0.29, 0.717) is 18.9 Å². The number of carbonyl (C=O) groups is 1. The van der Waals surface area contributed by atoms with Crippen molar-refractivity contribution in [2.24, 2.45) is 0 Å². The molecule has 0 saturated heterocycles. The van der Waals surface area contributed by atoms with E-state index in [0.717, 1.165) is 29.5 Å². The van der Waals surface area contributed by atoms with Gasteiger partial charge in [-0.05, 0) is 54.7 Å². The monoisotopic (exact) mass is 470 g/mol. The molecule has 0 bridgehead atoms. The molecular formula is C26H31ClN2O4. The van der Waals surface area contributed by atoms with E-state index < -0.39 is 12.1 Å². The Balaban J connectivity index is 0.00000385. The van der Waals surface area contributed by atoms with Crippen molar-refractivity contribution in [2.75, 3.05) is 13.2 Å². The van der Waals surface area contributed by atoms with Gasteiger partial charge in [0.25, 0.3) is 0 Å². The average Bonchev–Trinajstić information content (AvgIpc) is 2.82. The molecule has 0 aliphatic heterocycles. The Morgan fingerprint density at radius 2 is 1.85 bits per heavy atom. The minimum atomic E-state index is -0.992. The van der Waals surface area contributed by atoms with E-state index in [2.05, 4.69) is 29.4 Å². The number of pyridine rings is 1. The Morgan fingerprint density at radius 3 is 2.48 bits per heavy atom. The average molecular weight is 471 g/mol.